The molecule has 1 amide bonds. The molecule has 0 unspecified atom stereocenters. The number of pyridine rings is 1. The quantitative estimate of drug-likeness (QED) is 0.854. The van der Waals surface area contributed by atoms with Crippen LogP contribution in [0.15, 0.2) is 30.5 Å². The predicted molar refractivity (Wildman–Crippen MR) is 104 cm³/mol. The third-order valence-electron chi connectivity index (χ3n) is 4.79. The Hall–Kier alpha value is -2.07. The lowest BCUT2D eigenvalue weighted by Crippen LogP contribution is -2.33. The Balaban J connectivity index is 1.71. The number of aryl methyl sites for hydroxylation is 2. The van der Waals surface area contributed by atoms with Crippen molar-refractivity contribution in [3.63, 3.8) is 0 Å². The second-order valence-corrected chi connectivity index (χ2v) is 7.37. The summed E-state index contributed by atoms with van der Waals surface area (Å²) in [7, 11) is 0. The monoisotopic (exact) mass is 357 g/mol. The van der Waals surface area contributed by atoms with Gasteiger partial charge in [-0.15, -0.1) is 0 Å². The Morgan fingerprint density at radius 2 is 1.96 bits per heavy atom. The molecular formula is C20H24ClN3O. The lowest BCUT2D eigenvalue weighted by Gasteiger charge is -2.31. The zero-order chi connectivity index (χ0) is 18.0. The lowest BCUT2D eigenvalue weighted by atomic mass is 9.99. The van der Waals surface area contributed by atoms with Gasteiger partial charge >= 0.3 is 0 Å². The van der Waals surface area contributed by atoms with Gasteiger partial charge in [0.25, 0.3) is 5.91 Å². The molecule has 2 heterocycles. The van der Waals surface area contributed by atoms with E-state index in [1.165, 1.54) is 12.8 Å². The molecule has 3 rings (SSSR count). The molecule has 1 N–H and O–H groups in total. The smallest absolute Gasteiger partial charge is 0.257 e. The van der Waals surface area contributed by atoms with Crippen molar-refractivity contribution in [1.29, 1.82) is 0 Å². The molecule has 1 aromatic carbocycles. The molecule has 0 saturated carbocycles. The Morgan fingerprint density at radius 1 is 1.24 bits per heavy atom. The van der Waals surface area contributed by atoms with Crippen molar-refractivity contribution >= 4 is 29.0 Å². The topological polar surface area (TPSA) is 45.2 Å². The first kappa shape index (κ1) is 17.7. The summed E-state index contributed by atoms with van der Waals surface area (Å²) in [6.07, 6.45) is 4.02. The van der Waals surface area contributed by atoms with Crippen molar-refractivity contribution in [3.8, 4) is 0 Å². The predicted octanol–water partition coefficient (Wildman–Crippen LogP) is 4.84. The van der Waals surface area contributed by atoms with Gasteiger partial charge in [0.15, 0.2) is 0 Å². The number of piperidine rings is 1. The molecule has 1 saturated heterocycles. The summed E-state index contributed by atoms with van der Waals surface area (Å²) in [6, 6.07) is 7.60. The van der Waals surface area contributed by atoms with Crippen LogP contribution in [0.1, 0.15) is 41.3 Å². The van der Waals surface area contributed by atoms with Crippen molar-refractivity contribution in [3.05, 3.63) is 52.2 Å². The number of anilines is 2. The second kappa shape index (κ2) is 7.44. The number of carbonyl (C=O) groups is 1. The van der Waals surface area contributed by atoms with Crippen LogP contribution in [0.5, 0.6) is 0 Å². The molecule has 0 atom stereocenters. The van der Waals surface area contributed by atoms with E-state index in [-0.39, 0.29) is 5.91 Å². The summed E-state index contributed by atoms with van der Waals surface area (Å²) in [4.78, 5) is 19.3. The van der Waals surface area contributed by atoms with Gasteiger partial charge in [0.05, 0.1) is 16.3 Å². The number of rotatable bonds is 3. The van der Waals surface area contributed by atoms with Crippen LogP contribution in [0.25, 0.3) is 0 Å². The van der Waals surface area contributed by atoms with E-state index in [9.17, 15) is 4.79 Å². The normalized spacial score (nSPS) is 15.3. The highest BCUT2D eigenvalue weighted by molar-refractivity contribution is 6.34. The molecule has 25 heavy (non-hydrogen) atoms. The highest BCUT2D eigenvalue weighted by Gasteiger charge is 2.17. The second-order valence-electron chi connectivity index (χ2n) is 6.97. The SMILES string of the molecule is Cc1cc(C)c(NC(=O)c2ccc(N3CCC(C)CC3)nc2)c(Cl)c1. The summed E-state index contributed by atoms with van der Waals surface area (Å²) >= 11 is 6.27. The van der Waals surface area contributed by atoms with Crippen LogP contribution in [0.4, 0.5) is 11.5 Å². The van der Waals surface area contributed by atoms with Crippen molar-refractivity contribution in [2.45, 2.75) is 33.6 Å². The van der Waals surface area contributed by atoms with Crippen molar-refractivity contribution in [2.24, 2.45) is 5.92 Å². The van der Waals surface area contributed by atoms with Crippen LogP contribution in [0.3, 0.4) is 0 Å². The number of nitrogens with zero attached hydrogens (tertiary/aromatic N) is 2. The maximum atomic E-state index is 12.5. The van der Waals surface area contributed by atoms with Gasteiger partial charge in [-0.2, -0.15) is 0 Å². The van der Waals surface area contributed by atoms with E-state index in [2.05, 4.69) is 22.1 Å². The molecule has 1 aromatic heterocycles. The van der Waals surface area contributed by atoms with Gasteiger partial charge in [0.1, 0.15) is 5.82 Å². The van der Waals surface area contributed by atoms with Gasteiger partial charge in [-0.25, -0.2) is 4.98 Å². The number of halogens is 1. The third kappa shape index (κ3) is 4.13. The van der Waals surface area contributed by atoms with Gasteiger partial charge in [-0.05, 0) is 61.9 Å². The van der Waals surface area contributed by atoms with Gasteiger partial charge in [-0.1, -0.05) is 24.6 Å². The average molecular weight is 358 g/mol. The number of nitrogens with one attached hydrogen (secondary N) is 1. The Kier molecular flexibility index (Phi) is 5.28. The van der Waals surface area contributed by atoms with Crippen molar-refractivity contribution in [1.82, 2.24) is 4.98 Å². The number of hydrogen-bond donors (Lipinski definition) is 1. The minimum Gasteiger partial charge on any atom is -0.357 e. The minimum atomic E-state index is -0.194. The summed E-state index contributed by atoms with van der Waals surface area (Å²) < 4.78 is 0. The fraction of sp³-hybridized carbons (Fsp3) is 0.400. The minimum absolute atomic E-state index is 0.194. The zero-order valence-electron chi connectivity index (χ0n) is 15.0. The molecule has 4 nitrogen and oxygen atoms in total. The van der Waals surface area contributed by atoms with Crippen molar-refractivity contribution in [2.75, 3.05) is 23.3 Å². The number of amides is 1. The first-order valence-corrected chi connectivity index (χ1v) is 9.11. The Bertz CT molecular complexity index is 742. The van der Waals surface area contributed by atoms with Crippen molar-refractivity contribution < 1.29 is 4.79 Å². The number of carbonyl (C=O) groups excluding carboxylic acids is 1. The molecule has 132 valence electrons. The number of aromatic nitrogens is 1. The Labute approximate surface area is 154 Å². The summed E-state index contributed by atoms with van der Waals surface area (Å²) in [5.41, 5.74) is 3.21. The van der Waals surface area contributed by atoms with Crippen LogP contribution < -0.4 is 10.2 Å². The van der Waals surface area contributed by atoms with Gasteiger partial charge in [-0.3, -0.25) is 4.79 Å². The van der Waals surface area contributed by atoms with Crippen LogP contribution in [-0.2, 0) is 0 Å². The Morgan fingerprint density at radius 3 is 2.56 bits per heavy atom. The highest BCUT2D eigenvalue weighted by atomic mass is 35.5. The summed E-state index contributed by atoms with van der Waals surface area (Å²) in [5, 5.41) is 3.46. The molecule has 1 aliphatic heterocycles. The van der Waals surface area contributed by atoms with Gasteiger partial charge in [0, 0.05) is 19.3 Å². The molecule has 5 heteroatoms. The van der Waals surface area contributed by atoms with E-state index in [4.69, 9.17) is 11.6 Å². The fourth-order valence-corrected chi connectivity index (χ4v) is 3.57. The van der Waals surface area contributed by atoms with E-state index in [0.29, 0.717) is 16.3 Å². The number of benzene rings is 1. The first-order chi connectivity index (χ1) is 11.9. The largest absolute Gasteiger partial charge is 0.357 e. The molecule has 2 aromatic rings. The maximum Gasteiger partial charge on any atom is 0.257 e. The van der Waals surface area contributed by atoms with Crippen LogP contribution in [0, 0.1) is 19.8 Å². The van der Waals surface area contributed by atoms with E-state index in [1.807, 2.05) is 38.1 Å². The van der Waals surface area contributed by atoms with Crippen LogP contribution in [-0.4, -0.2) is 24.0 Å². The molecule has 0 aliphatic carbocycles. The van der Waals surface area contributed by atoms with E-state index >= 15 is 0 Å². The molecule has 0 bridgehead atoms. The summed E-state index contributed by atoms with van der Waals surface area (Å²) in [6.45, 7) is 8.26. The number of hydrogen-bond acceptors (Lipinski definition) is 3. The summed E-state index contributed by atoms with van der Waals surface area (Å²) in [5.74, 6) is 1.52. The molecular weight excluding hydrogens is 334 g/mol. The molecule has 1 aliphatic rings. The first-order valence-electron chi connectivity index (χ1n) is 8.73. The van der Waals surface area contributed by atoms with E-state index in [0.717, 1.165) is 36.0 Å². The molecule has 0 radical (unpaired) electrons. The highest BCUT2D eigenvalue weighted by Crippen LogP contribution is 2.28. The molecule has 1 fully saturated rings. The van der Waals surface area contributed by atoms with Gasteiger partial charge in [0.2, 0.25) is 0 Å². The van der Waals surface area contributed by atoms with Gasteiger partial charge < -0.3 is 10.2 Å². The maximum absolute atomic E-state index is 12.5. The van der Waals surface area contributed by atoms with Crippen LogP contribution in [0.2, 0.25) is 5.02 Å². The van der Waals surface area contributed by atoms with E-state index < -0.39 is 0 Å². The zero-order valence-corrected chi connectivity index (χ0v) is 15.7. The lowest BCUT2D eigenvalue weighted by molar-refractivity contribution is 0.102. The third-order valence-corrected chi connectivity index (χ3v) is 5.09. The average Bonchev–Trinajstić information content (AvgIpc) is 2.59. The molecule has 0 spiro atoms. The fourth-order valence-electron chi connectivity index (χ4n) is 3.20. The standard InChI is InChI=1S/C20H24ClN3O/c1-13-6-8-24(9-7-13)18-5-4-16(12-22-18)20(25)23-19-15(3)10-14(2)11-17(19)21/h4-5,10-13H,6-9H2,1-3H3,(H,23,25). The van der Waals surface area contributed by atoms with Crippen LogP contribution >= 0.6 is 11.6 Å². The van der Waals surface area contributed by atoms with E-state index in [1.54, 1.807) is 6.20 Å².